The van der Waals surface area contributed by atoms with E-state index in [1.165, 1.54) is 0 Å². The molecular weight excluding hydrogens is 243 g/mol. The van der Waals surface area contributed by atoms with Crippen molar-refractivity contribution in [2.45, 2.75) is 6.92 Å². The highest BCUT2D eigenvalue weighted by atomic mass is 127. The van der Waals surface area contributed by atoms with Gasteiger partial charge in [-0.1, -0.05) is 6.07 Å². The smallest absolute Gasteiger partial charge is 0.192 e. The average Bonchev–Trinajstić information content (AvgIpc) is 1.94. The fraction of sp³-hybridized carbons (Fsp3) is 0.143. The van der Waals surface area contributed by atoms with Crippen molar-refractivity contribution < 1.29 is 8.17 Å². The molecule has 54 valence electrons. The van der Waals surface area contributed by atoms with E-state index in [1.54, 1.807) is 35.1 Å². The van der Waals surface area contributed by atoms with Crippen molar-refractivity contribution in [2.24, 2.45) is 0 Å². The lowest BCUT2D eigenvalue weighted by Gasteiger charge is -2.00. The zero-order valence-corrected chi connectivity index (χ0v) is 7.62. The van der Waals surface area contributed by atoms with Crippen molar-refractivity contribution in [1.82, 2.24) is 0 Å². The molecule has 0 aliphatic heterocycles. The molecule has 0 bridgehead atoms. The zero-order chi connectivity index (χ0) is 7.56. The number of benzene rings is 1. The number of rotatable bonds is 1. The number of hydrogen-bond donors (Lipinski definition) is 1. The molecule has 0 atom stereocenters. The average molecular weight is 250 g/mol. The maximum atomic E-state index is 8.99. The first-order valence-electron chi connectivity index (χ1n) is 2.82. The van der Waals surface area contributed by atoms with Gasteiger partial charge in [0.1, 0.15) is 11.5 Å². The van der Waals surface area contributed by atoms with Gasteiger partial charge in [0.2, 0.25) is 0 Å². The second kappa shape index (κ2) is 3.09. The third kappa shape index (κ3) is 1.53. The quantitative estimate of drug-likeness (QED) is 0.775. The molecule has 0 saturated heterocycles. The Bertz CT molecular complexity index is 235. The van der Waals surface area contributed by atoms with Crippen molar-refractivity contribution in [3.63, 3.8) is 0 Å². The zero-order valence-electron chi connectivity index (χ0n) is 5.47. The van der Waals surface area contributed by atoms with Crippen LogP contribution in [0.2, 0.25) is 0 Å². The summed E-state index contributed by atoms with van der Waals surface area (Å²) in [7, 11) is 0. The minimum atomic E-state index is 0.234. The van der Waals surface area contributed by atoms with E-state index in [4.69, 9.17) is 8.17 Å². The van der Waals surface area contributed by atoms with Crippen LogP contribution >= 0.6 is 23.0 Å². The van der Waals surface area contributed by atoms with Crippen LogP contribution in [0.4, 0.5) is 0 Å². The lowest BCUT2D eigenvalue weighted by Crippen LogP contribution is -1.78. The Hall–Kier alpha value is -0.450. The molecule has 10 heavy (non-hydrogen) atoms. The number of aromatic hydroxyl groups is 1. The molecule has 2 nitrogen and oxygen atoms in total. The maximum Gasteiger partial charge on any atom is 0.192 e. The minimum Gasteiger partial charge on any atom is -0.508 e. The van der Waals surface area contributed by atoms with Gasteiger partial charge in [0.25, 0.3) is 0 Å². The van der Waals surface area contributed by atoms with Crippen molar-refractivity contribution in [3.8, 4) is 11.5 Å². The Labute approximate surface area is 73.5 Å². The van der Waals surface area contributed by atoms with Crippen LogP contribution < -0.4 is 3.07 Å². The van der Waals surface area contributed by atoms with E-state index in [0.717, 1.165) is 5.56 Å². The molecule has 0 aliphatic carbocycles. The molecule has 1 aromatic rings. The molecule has 1 rings (SSSR count). The van der Waals surface area contributed by atoms with Gasteiger partial charge in [-0.15, -0.1) is 0 Å². The van der Waals surface area contributed by atoms with Crippen LogP contribution in [-0.2, 0) is 0 Å². The largest absolute Gasteiger partial charge is 0.508 e. The first kappa shape index (κ1) is 7.65. The van der Waals surface area contributed by atoms with Gasteiger partial charge < -0.3 is 8.17 Å². The summed E-state index contributed by atoms with van der Waals surface area (Å²) in [5.41, 5.74) is 1.02. The summed E-state index contributed by atoms with van der Waals surface area (Å²) in [5.74, 6) is 0.942. The summed E-state index contributed by atoms with van der Waals surface area (Å²) in [6.07, 6.45) is 0. The Morgan fingerprint density at radius 3 is 2.70 bits per heavy atom. The molecule has 0 radical (unpaired) electrons. The third-order valence-electron chi connectivity index (χ3n) is 1.25. The lowest BCUT2D eigenvalue weighted by atomic mass is 10.2. The molecule has 0 saturated carbocycles. The van der Waals surface area contributed by atoms with Gasteiger partial charge in [0, 0.05) is 6.07 Å². The highest BCUT2D eigenvalue weighted by Crippen LogP contribution is 2.24. The summed E-state index contributed by atoms with van der Waals surface area (Å²) < 4.78 is 4.94. The van der Waals surface area contributed by atoms with Gasteiger partial charge in [-0.25, -0.2) is 0 Å². The molecule has 0 unspecified atom stereocenters. The Kier molecular flexibility index (Phi) is 2.37. The molecule has 0 fully saturated rings. The van der Waals surface area contributed by atoms with E-state index in [1.807, 2.05) is 13.0 Å². The van der Waals surface area contributed by atoms with E-state index in [0.29, 0.717) is 5.75 Å². The highest BCUT2D eigenvalue weighted by molar-refractivity contribution is 14.1. The second-order valence-electron chi connectivity index (χ2n) is 2.03. The van der Waals surface area contributed by atoms with Gasteiger partial charge in [0.15, 0.2) is 23.0 Å². The van der Waals surface area contributed by atoms with E-state index < -0.39 is 0 Å². The van der Waals surface area contributed by atoms with Crippen LogP contribution in [0.15, 0.2) is 18.2 Å². The fourth-order valence-electron chi connectivity index (χ4n) is 0.672. The third-order valence-corrected chi connectivity index (χ3v) is 1.73. The van der Waals surface area contributed by atoms with E-state index in [-0.39, 0.29) is 5.75 Å². The number of halogens is 1. The van der Waals surface area contributed by atoms with Gasteiger partial charge >= 0.3 is 0 Å². The van der Waals surface area contributed by atoms with Crippen LogP contribution in [0.5, 0.6) is 11.5 Å². The first-order chi connectivity index (χ1) is 4.74. The van der Waals surface area contributed by atoms with E-state index >= 15 is 0 Å². The van der Waals surface area contributed by atoms with Crippen LogP contribution in [0.3, 0.4) is 0 Å². The topological polar surface area (TPSA) is 29.5 Å². The summed E-state index contributed by atoms with van der Waals surface area (Å²) in [5, 5.41) is 8.99. The molecule has 1 N–H and O–H groups in total. The second-order valence-corrected chi connectivity index (χ2v) is 2.47. The molecule has 3 heteroatoms. The Balaban J connectivity index is 3.09. The van der Waals surface area contributed by atoms with E-state index in [9.17, 15) is 0 Å². The number of hydrogen-bond acceptors (Lipinski definition) is 2. The van der Waals surface area contributed by atoms with Crippen LogP contribution in [0, 0.1) is 6.92 Å². The van der Waals surface area contributed by atoms with Gasteiger partial charge in [-0.05, 0) is 18.6 Å². The number of aryl methyl sites for hydroxylation is 1. The summed E-state index contributed by atoms with van der Waals surface area (Å²) >= 11 is 1.78. The van der Waals surface area contributed by atoms with Gasteiger partial charge in [-0.3, -0.25) is 0 Å². The normalized spacial score (nSPS) is 9.40. The minimum absolute atomic E-state index is 0.234. The Morgan fingerprint density at radius 2 is 2.20 bits per heavy atom. The monoisotopic (exact) mass is 250 g/mol. The standard InChI is InChI=1S/C7H7IO2/c1-5-2-3-6(9)4-7(5)10-8/h2-4,9H,1H3. The number of phenols is 1. The molecule has 0 aliphatic rings. The fourth-order valence-corrected chi connectivity index (χ4v) is 1.15. The first-order valence-corrected chi connectivity index (χ1v) is 3.70. The van der Waals surface area contributed by atoms with Crippen LogP contribution in [0.1, 0.15) is 5.56 Å². The molecule has 0 spiro atoms. The summed E-state index contributed by atoms with van der Waals surface area (Å²) in [4.78, 5) is 0. The number of phenolic OH excluding ortho intramolecular Hbond substituents is 1. The maximum absolute atomic E-state index is 8.99. The van der Waals surface area contributed by atoms with Crippen LogP contribution in [-0.4, -0.2) is 5.11 Å². The molecule has 0 aromatic heterocycles. The summed E-state index contributed by atoms with van der Waals surface area (Å²) in [6, 6.07) is 5.03. The van der Waals surface area contributed by atoms with Crippen molar-refractivity contribution in [2.75, 3.05) is 0 Å². The predicted octanol–water partition coefficient (Wildman–Crippen LogP) is 2.43. The summed E-state index contributed by atoms with van der Waals surface area (Å²) in [6.45, 7) is 1.92. The predicted molar refractivity (Wildman–Crippen MR) is 47.5 cm³/mol. The Morgan fingerprint density at radius 1 is 1.50 bits per heavy atom. The van der Waals surface area contributed by atoms with Gasteiger partial charge in [0.05, 0.1) is 0 Å². The molecule has 1 aromatic carbocycles. The van der Waals surface area contributed by atoms with E-state index in [2.05, 4.69) is 0 Å². The van der Waals surface area contributed by atoms with Crippen molar-refractivity contribution >= 4 is 23.0 Å². The lowest BCUT2D eigenvalue weighted by molar-refractivity contribution is 0.473. The van der Waals surface area contributed by atoms with Crippen molar-refractivity contribution in [1.29, 1.82) is 0 Å². The molecular formula is C7H7IO2. The van der Waals surface area contributed by atoms with Crippen LogP contribution in [0.25, 0.3) is 0 Å². The highest BCUT2D eigenvalue weighted by Gasteiger charge is 1.97. The van der Waals surface area contributed by atoms with Gasteiger partial charge in [-0.2, -0.15) is 0 Å². The van der Waals surface area contributed by atoms with Crippen molar-refractivity contribution in [3.05, 3.63) is 23.8 Å². The SMILES string of the molecule is Cc1ccc(O)cc1OI. The molecule has 0 heterocycles. The molecule has 0 amide bonds.